The number of nitrogens with one attached hydrogen (secondary N) is 1. The van der Waals surface area contributed by atoms with E-state index >= 15 is 0 Å². The number of likely N-dealkylation sites (tertiary alicyclic amines) is 1. The van der Waals surface area contributed by atoms with Gasteiger partial charge < -0.3 is 4.74 Å². The molecule has 7 nitrogen and oxygen atoms in total. The molecule has 1 N–H and O–H groups in total. The van der Waals surface area contributed by atoms with Crippen LogP contribution in [-0.4, -0.2) is 38.2 Å². The molecule has 7 heteroatoms. The Hall–Kier alpha value is -2.44. The van der Waals surface area contributed by atoms with Gasteiger partial charge in [-0.15, -0.1) is 10.2 Å². The Bertz CT molecular complexity index is 557. The van der Waals surface area contributed by atoms with Gasteiger partial charge in [0, 0.05) is 6.54 Å². The number of aromatic nitrogens is 4. The van der Waals surface area contributed by atoms with Crippen LogP contribution >= 0.6 is 0 Å². The van der Waals surface area contributed by atoms with Crippen LogP contribution in [0.3, 0.4) is 0 Å². The monoisotopic (exact) mass is 273 g/mol. The molecule has 0 spiro atoms. The van der Waals surface area contributed by atoms with Crippen LogP contribution < -0.4 is 0 Å². The summed E-state index contributed by atoms with van der Waals surface area (Å²) in [4.78, 5) is 13.8. The molecule has 20 heavy (non-hydrogen) atoms. The zero-order valence-corrected chi connectivity index (χ0v) is 10.9. The molecule has 1 amide bonds. The van der Waals surface area contributed by atoms with Crippen LogP contribution in [0.4, 0.5) is 4.79 Å². The van der Waals surface area contributed by atoms with Crippen molar-refractivity contribution in [3.05, 3.63) is 41.7 Å². The van der Waals surface area contributed by atoms with E-state index in [1.807, 2.05) is 30.3 Å². The number of nitrogens with zero attached hydrogens (tertiary/aromatic N) is 4. The van der Waals surface area contributed by atoms with Crippen molar-refractivity contribution >= 4 is 6.09 Å². The van der Waals surface area contributed by atoms with E-state index < -0.39 is 0 Å². The first-order valence-corrected chi connectivity index (χ1v) is 6.55. The lowest BCUT2D eigenvalue weighted by atomic mass is 10.2. The van der Waals surface area contributed by atoms with Crippen LogP contribution in [-0.2, 0) is 11.3 Å². The Labute approximate surface area is 115 Å². The maximum atomic E-state index is 12.1. The Kier molecular flexibility index (Phi) is 3.58. The highest BCUT2D eigenvalue weighted by Gasteiger charge is 2.33. The maximum absolute atomic E-state index is 12.1. The molecule has 104 valence electrons. The lowest BCUT2D eigenvalue weighted by molar-refractivity contribution is 0.0908. The fourth-order valence-corrected chi connectivity index (χ4v) is 2.37. The molecule has 0 aliphatic carbocycles. The number of aromatic amines is 1. The van der Waals surface area contributed by atoms with Gasteiger partial charge in [0.2, 0.25) is 0 Å². The molecule has 3 rings (SSSR count). The smallest absolute Gasteiger partial charge is 0.410 e. The third kappa shape index (κ3) is 2.61. The number of carbonyl (C=O) groups excluding carboxylic acids is 1. The highest BCUT2D eigenvalue weighted by Crippen LogP contribution is 2.29. The van der Waals surface area contributed by atoms with Crippen LogP contribution in [0, 0.1) is 0 Å². The number of tetrazole rings is 1. The molecule has 2 heterocycles. The van der Waals surface area contributed by atoms with Gasteiger partial charge in [0.1, 0.15) is 6.61 Å². The molecule has 0 unspecified atom stereocenters. The van der Waals surface area contributed by atoms with Crippen molar-refractivity contribution in [2.24, 2.45) is 0 Å². The Morgan fingerprint density at radius 3 is 3.00 bits per heavy atom. The van der Waals surface area contributed by atoms with Crippen molar-refractivity contribution in [2.45, 2.75) is 25.5 Å². The van der Waals surface area contributed by atoms with Gasteiger partial charge in [0.25, 0.3) is 0 Å². The van der Waals surface area contributed by atoms with E-state index in [1.54, 1.807) is 4.90 Å². The molecule has 1 saturated heterocycles. The van der Waals surface area contributed by atoms with Crippen LogP contribution in [0.2, 0.25) is 0 Å². The van der Waals surface area contributed by atoms with Crippen molar-refractivity contribution < 1.29 is 9.53 Å². The molecule has 2 aromatic rings. The first-order chi connectivity index (χ1) is 9.84. The highest BCUT2D eigenvalue weighted by atomic mass is 16.6. The second-order valence-corrected chi connectivity index (χ2v) is 4.66. The topological polar surface area (TPSA) is 84.0 Å². The molecule has 0 radical (unpaired) electrons. The molecule has 1 aromatic heterocycles. The van der Waals surface area contributed by atoms with Gasteiger partial charge in [-0.2, -0.15) is 5.21 Å². The number of rotatable bonds is 3. The average Bonchev–Trinajstić information content (AvgIpc) is 3.15. The molecule has 1 atom stereocenters. The lowest BCUT2D eigenvalue weighted by Gasteiger charge is -2.21. The molecule has 0 saturated carbocycles. The summed E-state index contributed by atoms with van der Waals surface area (Å²) in [6.07, 6.45) is 1.42. The Balaban J connectivity index is 1.62. The number of H-pyrrole nitrogens is 1. The quantitative estimate of drug-likeness (QED) is 0.919. The summed E-state index contributed by atoms with van der Waals surface area (Å²) in [5.41, 5.74) is 0.969. The molecular formula is C13H15N5O2. The van der Waals surface area contributed by atoms with Gasteiger partial charge in [-0.05, 0) is 18.4 Å². The Morgan fingerprint density at radius 2 is 2.25 bits per heavy atom. The number of hydrogen-bond acceptors (Lipinski definition) is 5. The Morgan fingerprint density at radius 1 is 1.40 bits per heavy atom. The number of carbonyl (C=O) groups is 1. The lowest BCUT2D eigenvalue weighted by Crippen LogP contribution is -2.31. The second kappa shape index (κ2) is 5.68. The molecule has 1 aliphatic rings. The highest BCUT2D eigenvalue weighted by molar-refractivity contribution is 5.68. The van der Waals surface area contributed by atoms with E-state index in [4.69, 9.17) is 4.74 Å². The molecule has 1 aliphatic heterocycles. The summed E-state index contributed by atoms with van der Waals surface area (Å²) < 4.78 is 5.34. The van der Waals surface area contributed by atoms with Crippen molar-refractivity contribution in [1.82, 2.24) is 25.5 Å². The minimum absolute atomic E-state index is 0.142. The zero-order chi connectivity index (χ0) is 13.8. The second-order valence-electron chi connectivity index (χ2n) is 4.66. The van der Waals surface area contributed by atoms with Gasteiger partial charge in [-0.3, -0.25) is 4.90 Å². The normalized spacial score (nSPS) is 18.2. The van der Waals surface area contributed by atoms with Crippen LogP contribution in [0.5, 0.6) is 0 Å². The van der Waals surface area contributed by atoms with Crippen LogP contribution in [0.25, 0.3) is 0 Å². The summed E-state index contributed by atoms with van der Waals surface area (Å²) in [6.45, 7) is 0.933. The molecular weight excluding hydrogens is 258 g/mol. The minimum Gasteiger partial charge on any atom is -0.445 e. The van der Waals surface area contributed by atoms with E-state index in [-0.39, 0.29) is 18.7 Å². The van der Waals surface area contributed by atoms with Gasteiger partial charge in [0.15, 0.2) is 5.82 Å². The van der Waals surface area contributed by atoms with Gasteiger partial charge in [0.05, 0.1) is 6.04 Å². The van der Waals surface area contributed by atoms with E-state index in [1.165, 1.54) is 0 Å². The van der Waals surface area contributed by atoms with E-state index in [0.717, 1.165) is 18.4 Å². The summed E-state index contributed by atoms with van der Waals surface area (Å²) in [7, 11) is 0. The van der Waals surface area contributed by atoms with Crippen molar-refractivity contribution in [2.75, 3.05) is 6.54 Å². The zero-order valence-electron chi connectivity index (χ0n) is 10.9. The first kappa shape index (κ1) is 12.6. The number of ether oxygens (including phenoxy) is 1. The third-order valence-corrected chi connectivity index (χ3v) is 3.35. The van der Waals surface area contributed by atoms with Crippen molar-refractivity contribution in [3.63, 3.8) is 0 Å². The summed E-state index contributed by atoms with van der Waals surface area (Å²) in [6, 6.07) is 9.47. The van der Waals surface area contributed by atoms with Crippen molar-refractivity contribution in [3.8, 4) is 0 Å². The molecule has 1 aromatic carbocycles. The SMILES string of the molecule is O=C(OCc1ccccc1)N1CCC[C@@H]1c1nn[nH]n1. The fourth-order valence-electron chi connectivity index (χ4n) is 2.37. The van der Waals surface area contributed by atoms with Crippen LogP contribution in [0.15, 0.2) is 30.3 Å². The van der Waals surface area contributed by atoms with E-state index in [9.17, 15) is 4.79 Å². The van der Waals surface area contributed by atoms with Crippen molar-refractivity contribution in [1.29, 1.82) is 0 Å². The molecule has 1 fully saturated rings. The van der Waals surface area contributed by atoms with Gasteiger partial charge >= 0.3 is 6.09 Å². The maximum Gasteiger partial charge on any atom is 0.410 e. The predicted octanol–water partition coefficient (Wildman–Crippen LogP) is 1.67. The number of amides is 1. The minimum atomic E-state index is -0.332. The largest absolute Gasteiger partial charge is 0.445 e. The van der Waals surface area contributed by atoms with Gasteiger partial charge in [-0.1, -0.05) is 35.5 Å². The van der Waals surface area contributed by atoms with E-state index in [0.29, 0.717) is 12.4 Å². The van der Waals surface area contributed by atoms with Crippen LogP contribution in [0.1, 0.15) is 30.3 Å². The summed E-state index contributed by atoms with van der Waals surface area (Å²) in [5.74, 6) is 0.541. The van der Waals surface area contributed by atoms with Gasteiger partial charge in [-0.25, -0.2) is 4.79 Å². The number of benzene rings is 1. The third-order valence-electron chi connectivity index (χ3n) is 3.35. The summed E-state index contributed by atoms with van der Waals surface area (Å²) >= 11 is 0. The summed E-state index contributed by atoms with van der Waals surface area (Å²) in [5, 5.41) is 13.9. The predicted molar refractivity (Wildman–Crippen MR) is 69.5 cm³/mol. The average molecular weight is 273 g/mol. The molecule has 0 bridgehead atoms. The fraction of sp³-hybridized carbons (Fsp3) is 0.385. The number of hydrogen-bond donors (Lipinski definition) is 1. The standard InChI is InChI=1S/C13H15N5O2/c19-13(20-9-10-5-2-1-3-6-10)18-8-4-7-11(18)12-14-16-17-15-12/h1-3,5-6,11H,4,7-9H2,(H,14,15,16,17)/t11-/m1/s1. The van der Waals surface area contributed by atoms with E-state index in [2.05, 4.69) is 20.6 Å². The first-order valence-electron chi connectivity index (χ1n) is 6.55.